The van der Waals surface area contributed by atoms with Crippen molar-refractivity contribution in [3.8, 4) is 11.4 Å². The van der Waals surface area contributed by atoms with E-state index in [1.165, 1.54) is 32.1 Å². The second-order valence-corrected chi connectivity index (χ2v) is 7.07. The lowest BCUT2D eigenvalue weighted by Crippen LogP contribution is -2.26. The molecule has 0 unspecified atom stereocenters. The van der Waals surface area contributed by atoms with E-state index < -0.39 is 0 Å². The highest BCUT2D eigenvalue weighted by atomic mass is 16.5. The Kier molecular flexibility index (Phi) is 7.84. The van der Waals surface area contributed by atoms with E-state index in [9.17, 15) is 4.79 Å². The Morgan fingerprint density at radius 2 is 1.96 bits per heavy atom. The predicted molar refractivity (Wildman–Crippen MR) is 103 cm³/mol. The molecule has 3 rings (SSSR count). The number of rotatable bonds is 10. The van der Waals surface area contributed by atoms with E-state index in [-0.39, 0.29) is 5.91 Å². The Labute approximate surface area is 160 Å². The molecule has 1 aliphatic rings. The van der Waals surface area contributed by atoms with Crippen molar-refractivity contribution in [3.05, 3.63) is 36.2 Å². The number of amides is 1. The van der Waals surface area contributed by atoms with Crippen LogP contribution in [-0.4, -0.2) is 35.3 Å². The summed E-state index contributed by atoms with van der Waals surface area (Å²) in [6, 6.07) is 9.72. The quantitative estimate of drug-likeness (QED) is 0.641. The minimum absolute atomic E-state index is 0.0652. The fourth-order valence-corrected chi connectivity index (χ4v) is 3.33. The first-order chi connectivity index (χ1) is 13.3. The van der Waals surface area contributed by atoms with Crippen LogP contribution in [0, 0.1) is 0 Å². The zero-order chi connectivity index (χ0) is 18.7. The highest BCUT2D eigenvalue weighted by Crippen LogP contribution is 2.20. The van der Waals surface area contributed by atoms with E-state index in [1.54, 1.807) is 0 Å². The molecule has 2 aromatic rings. The third-order valence-electron chi connectivity index (χ3n) is 4.84. The minimum atomic E-state index is 0.0652. The maximum atomic E-state index is 11.9. The first kappa shape index (κ1) is 19.5. The number of aryl methyl sites for hydroxylation is 1. The monoisotopic (exact) mass is 371 g/mol. The van der Waals surface area contributed by atoms with Gasteiger partial charge in [-0.15, -0.1) is 0 Å². The average Bonchev–Trinajstić information content (AvgIpc) is 3.18. The Morgan fingerprint density at radius 1 is 1.15 bits per heavy atom. The number of hydrogen-bond donors (Lipinski definition) is 1. The molecule has 1 N–H and O–H groups in total. The van der Waals surface area contributed by atoms with Crippen molar-refractivity contribution in [2.75, 3.05) is 13.2 Å². The molecule has 0 bridgehead atoms. The first-order valence-corrected chi connectivity index (χ1v) is 10.1. The predicted octanol–water partition coefficient (Wildman–Crippen LogP) is 3.91. The van der Waals surface area contributed by atoms with Gasteiger partial charge in [-0.1, -0.05) is 54.8 Å². The van der Waals surface area contributed by atoms with E-state index >= 15 is 0 Å². The van der Waals surface area contributed by atoms with Crippen LogP contribution in [0.2, 0.25) is 0 Å². The molecule has 1 saturated carbocycles. The van der Waals surface area contributed by atoms with Crippen molar-refractivity contribution in [2.45, 2.75) is 63.9 Å². The first-order valence-electron chi connectivity index (χ1n) is 10.1. The summed E-state index contributed by atoms with van der Waals surface area (Å²) in [4.78, 5) is 16.3. The van der Waals surface area contributed by atoms with Gasteiger partial charge in [-0.3, -0.25) is 4.79 Å². The van der Waals surface area contributed by atoms with Crippen molar-refractivity contribution in [1.29, 1.82) is 0 Å². The minimum Gasteiger partial charge on any atom is -0.378 e. The molecule has 1 amide bonds. The largest absolute Gasteiger partial charge is 0.378 e. The van der Waals surface area contributed by atoms with E-state index in [2.05, 4.69) is 15.5 Å². The number of carbonyl (C=O) groups excluding carboxylic acids is 1. The molecule has 0 spiro atoms. The van der Waals surface area contributed by atoms with Gasteiger partial charge in [0.2, 0.25) is 17.6 Å². The zero-order valence-corrected chi connectivity index (χ0v) is 15.9. The zero-order valence-electron chi connectivity index (χ0n) is 15.9. The number of hydrogen-bond acceptors (Lipinski definition) is 5. The van der Waals surface area contributed by atoms with Crippen LogP contribution in [0.5, 0.6) is 0 Å². The van der Waals surface area contributed by atoms with E-state index in [0.717, 1.165) is 18.6 Å². The fourth-order valence-electron chi connectivity index (χ4n) is 3.33. The molecule has 6 heteroatoms. The van der Waals surface area contributed by atoms with E-state index in [1.807, 2.05) is 30.3 Å². The van der Waals surface area contributed by atoms with Crippen LogP contribution in [0.3, 0.4) is 0 Å². The lowest BCUT2D eigenvalue weighted by atomic mass is 9.98. The van der Waals surface area contributed by atoms with Crippen molar-refractivity contribution >= 4 is 5.91 Å². The molecular formula is C21H29N3O3. The summed E-state index contributed by atoms with van der Waals surface area (Å²) in [7, 11) is 0. The number of aromatic nitrogens is 2. The third-order valence-corrected chi connectivity index (χ3v) is 4.84. The van der Waals surface area contributed by atoms with Crippen LogP contribution < -0.4 is 5.32 Å². The topological polar surface area (TPSA) is 77.2 Å². The van der Waals surface area contributed by atoms with Gasteiger partial charge in [-0.25, -0.2) is 0 Å². The normalized spacial score (nSPS) is 15.0. The lowest BCUT2D eigenvalue weighted by molar-refractivity contribution is -0.121. The van der Waals surface area contributed by atoms with Gasteiger partial charge >= 0.3 is 0 Å². The molecule has 27 heavy (non-hydrogen) atoms. The van der Waals surface area contributed by atoms with Gasteiger partial charge in [-0.05, 0) is 25.7 Å². The standard InChI is InChI=1S/C21H29N3O3/c25-19(22-15-8-16-26-18-11-5-2-6-12-18)13-7-14-20-23-21(24-27-20)17-9-3-1-4-10-17/h1,3-4,9-10,18H,2,5-8,11-16H2,(H,22,25). The molecule has 0 aliphatic heterocycles. The van der Waals surface area contributed by atoms with Crippen molar-refractivity contribution < 1.29 is 14.1 Å². The summed E-state index contributed by atoms with van der Waals surface area (Å²) >= 11 is 0. The summed E-state index contributed by atoms with van der Waals surface area (Å²) < 4.78 is 11.1. The van der Waals surface area contributed by atoms with Gasteiger partial charge in [0.1, 0.15) is 0 Å². The number of nitrogens with one attached hydrogen (secondary N) is 1. The summed E-state index contributed by atoms with van der Waals surface area (Å²) in [5.41, 5.74) is 0.931. The maximum Gasteiger partial charge on any atom is 0.226 e. The molecular weight excluding hydrogens is 342 g/mol. The molecule has 146 valence electrons. The van der Waals surface area contributed by atoms with Gasteiger partial charge in [0.25, 0.3) is 0 Å². The Morgan fingerprint density at radius 3 is 2.78 bits per heavy atom. The second kappa shape index (κ2) is 10.8. The SMILES string of the molecule is O=C(CCCc1nc(-c2ccccc2)no1)NCCCOC1CCCCC1. The highest BCUT2D eigenvalue weighted by molar-refractivity contribution is 5.75. The summed E-state index contributed by atoms with van der Waals surface area (Å²) in [5.74, 6) is 1.23. The van der Waals surface area contributed by atoms with E-state index in [0.29, 0.717) is 43.6 Å². The molecule has 1 fully saturated rings. The van der Waals surface area contributed by atoms with Gasteiger partial charge in [0, 0.05) is 31.6 Å². The van der Waals surface area contributed by atoms with E-state index in [4.69, 9.17) is 9.26 Å². The van der Waals surface area contributed by atoms with Gasteiger partial charge in [0.15, 0.2) is 0 Å². The summed E-state index contributed by atoms with van der Waals surface area (Å²) in [5, 5.41) is 6.94. The van der Waals surface area contributed by atoms with Crippen molar-refractivity contribution in [3.63, 3.8) is 0 Å². The summed E-state index contributed by atoms with van der Waals surface area (Å²) in [6.45, 7) is 1.40. The van der Waals surface area contributed by atoms with Crippen LogP contribution in [0.4, 0.5) is 0 Å². The smallest absolute Gasteiger partial charge is 0.226 e. The summed E-state index contributed by atoms with van der Waals surface area (Å²) in [6.07, 6.45) is 9.36. The maximum absolute atomic E-state index is 11.9. The number of benzene rings is 1. The highest BCUT2D eigenvalue weighted by Gasteiger charge is 2.13. The number of ether oxygens (including phenoxy) is 1. The van der Waals surface area contributed by atoms with Crippen LogP contribution in [0.25, 0.3) is 11.4 Å². The van der Waals surface area contributed by atoms with Crippen molar-refractivity contribution in [2.24, 2.45) is 0 Å². The van der Waals surface area contributed by atoms with Crippen LogP contribution >= 0.6 is 0 Å². The Bertz CT molecular complexity index is 681. The Balaban J connectivity index is 1.25. The number of carbonyl (C=O) groups is 1. The van der Waals surface area contributed by atoms with Crippen molar-refractivity contribution in [1.82, 2.24) is 15.5 Å². The van der Waals surface area contributed by atoms with Gasteiger partial charge < -0.3 is 14.6 Å². The molecule has 1 aromatic carbocycles. The second-order valence-electron chi connectivity index (χ2n) is 7.07. The van der Waals surface area contributed by atoms with Crippen LogP contribution in [0.15, 0.2) is 34.9 Å². The fraction of sp³-hybridized carbons (Fsp3) is 0.571. The molecule has 6 nitrogen and oxygen atoms in total. The molecule has 0 saturated heterocycles. The number of nitrogens with zero attached hydrogens (tertiary/aromatic N) is 2. The molecule has 0 atom stereocenters. The molecule has 1 aliphatic carbocycles. The van der Waals surface area contributed by atoms with Gasteiger partial charge in [0.05, 0.1) is 6.10 Å². The van der Waals surface area contributed by atoms with Crippen LogP contribution in [-0.2, 0) is 16.0 Å². The van der Waals surface area contributed by atoms with Crippen LogP contribution in [0.1, 0.15) is 57.3 Å². The molecule has 0 radical (unpaired) electrons. The lowest BCUT2D eigenvalue weighted by Gasteiger charge is -2.21. The third kappa shape index (κ3) is 6.79. The average molecular weight is 371 g/mol. The van der Waals surface area contributed by atoms with Gasteiger partial charge in [-0.2, -0.15) is 4.98 Å². The molecule has 1 aromatic heterocycles. The Hall–Kier alpha value is -2.21. The molecule has 1 heterocycles.